The van der Waals surface area contributed by atoms with E-state index in [2.05, 4.69) is 20.9 Å². The molecule has 1 amide bonds. The Bertz CT molecular complexity index is 1250. The summed E-state index contributed by atoms with van der Waals surface area (Å²) in [6.07, 6.45) is -3.04. The van der Waals surface area contributed by atoms with E-state index >= 15 is 0 Å². The van der Waals surface area contributed by atoms with E-state index in [0.717, 1.165) is 28.6 Å². The summed E-state index contributed by atoms with van der Waals surface area (Å²) < 4.78 is 38.5. The van der Waals surface area contributed by atoms with Gasteiger partial charge in [-0.3, -0.25) is 4.79 Å². The Morgan fingerprint density at radius 3 is 2.45 bits per heavy atom. The summed E-state index contributed by atoms with van der Waals surface area (Å²) in [6.45, 7) is 0.953. The molecule has 0 saturated carbocycles. The number of carbonyl (C=O) groups is 1. The van der Waals surface area contributed by atoms with Gasteiger partial charge in [0.15, 0.2) is 0 Å². The van der Waals surface area contributed by atoms with Gasteiger partial charge in [-0.05, 0) is 41.8 Å². The van der Waals surface area contributed by atoms with Crippen LogP contribution < -0.4 is 16.0 Å². The molecule has 3 aromatic carbocycles. The van der Waals surface area contributed by atoms with Crippen molar-refractivity contribution in [3.8, 4) is 0 Å². The number of hydrogen-bond donors (Lipinski definition) is 3. The number of carbonyl (C=O) groups excluding carboxylic acids is 1. The van der Waals surface area contributed by atoms with Crippen molar-refractivity contribution in [2.75, 3.05) is 23.7 Å². The fourth-order valence-electron chi connectivity index (χ4n) is 3.38. The molecule has 4 aromatic rings. The zero-order chi connectivity index (χ0) is 23.3. The number of benzene rings is 3. The van der Waals surface area contributed by atoms with Crippen LogP contribution in [-0.2, 0) is 6.18 Å². The van der Waals surface area contributed by atoms with E-state index in [-0.39, 0.29) is 11.6 Å². The highest BCUT2D eigenvalue weighted by Crippen LogP contribution is 2.31. The standard InChI is InChI=1S/C25H21F3N4O/c26-25(27,28)19-7-4-8-20(15-19)32-23-12-11-18(16-31-23)24(33)30-14-13-29-22-10-3-6-17-5-1-2-9-21(17)22/h1-12,15-16,29H,13-14H2,(H,30,33)(H,31,32). The monoisotopic (exact) mass is 450 g/mol. The molecule has 33 heavy (non-hydrogen) atoms. The molecule has 168 valence electrons. The molecule has 0 aliphatic rings. The zero-order valence-electron chi connectivity index (χ0n) is 17.5. The van der Waals surface area contributed by atoms with Gasteiger partial charge in [-0.2, -0.15) is 13.2 Å². The highest BCUT2D eigenvalue weighted by atomic mass is 19.4. The third kappa shape index (κ3) is 5.60. The molecule has 4 rings (SSSR count). The Balaban J connectivity index is 1.30. The number of fused-ring (bicyclic) bond motifs is 1. The number of nitrogens with one attached hydrogen (secondary N) is 3. The Hall–Kier alpha value is -4.07. The lowest BCUT2D eigenvalue weighted by Crippen LogP contribution is -2.28. The maximum atomic E-state index is 12.8. The SMILES string of the molecule is O=C(NCCNc1cccc2ccccc12)c1ccc(Nc2cccc(C(F)(F)F)c2)nc1. The molecule has 0 fully saturated rings. The lowest BCUT2D eigenvalue weighted by atomic mass is 10.1. The fraction of sp³-hybridized carbons (Fsp3) is 0.120. The van der Waals surface area contributed by atoms with Crippen LogP contribution in [0.4, 0.5) is 30.4 Å². The predicted molar refractivity (Wildman–Crippen MR) is 124 cm³/mol. The number of alkyl halides is 3. The van der Waals surface area contributed by atoms with Crippen LogP contribution in [0.15, 0.2) is 85.1 Å². The highest BCUT2D eigenvalue weighted by molar-refractivity contribution is 5.95. The molecule has 0 bridgehead atoms. The van der Waals surface area contributed by atoms with Gasteiger partial charge >= 0.3 is 6.18 Å². The number of hydrogen-bond acceptors (Lipinski definition) is 4. The van der Waals surface area contributed by atoms with Crippen molar-refractivity contribution in [3.05, 3.63) is 96.2 Å². The van der Waals surface area contributed by atoms with Gasteiger partial charge in [0.05, 0.1) is 11.1 Å². The average molecular weight is 450 g/mol. The fourth-order valence-corrected chi connectivity index (χ4v) is 3.38. The zero-order valence-corrected chi connectivity index (χ0v) is 17.5. The van der Waals surface area contributed by atoms with Crippen LogP contribution in [-0.4, -0.2) is 24.0 Å². The lowest BCUT2D eigenvalue weighted by molar-refractivity contribution is -0.137. The molecule has 3 N–H and O–H groups in total. The number of pyridine rings is 1. The second-order valence-electron chi connectivity index (χ2n) is 7.35. The molecule has 8 heteroatoms. The smallest absolute Gasteiger partial charge is 0.383 e. The van der Waals surface area contributed by atoms with Gasteiger partial charge < -0.3 is 16.0 Å². The molecule has 1 heterocycles. The van der Waals surface area contributed by atoms with Gasteiger partial charge in [-0.25, -0.2) is 4.98 Å². The van der Waals surface area contributed by atoms with E-state index in [1.807, 2.05) is 42.5 Å². The van der Waals surface area contributed by atoms with Crippen LogP contribution in [0.2, 0.25) is 0 Å². The second-order valence-corrected chi connectivity index (χ2v) is 7.35. The normalized spacial score (nSPS) is 11.2. The van der Waals surface area contributed by atoms with Crippen LogP contribution in [0.25, 0.3) is 10.8 Å². The van der Waals surface area contributed by atoms with E-state index in [9.17, 15) is 18.0 Å². The van der Waals surface area contributed by atoms with Crippen LogP contribution in [0.3, 0.4) is 0 Å². The summed E-state index contributed by atoms with van der Waals surface area (Å²) in [6, 6.07) is 22.0. The van der Waals surface area contributed by atoms with E-state index in [1.54, 1.807) is 12.1 Å². The summed E-state index contributed by atoms with van der Waals surface area (Å²) >= 11 is 0. The molecule has 0 saturated heterocycles. The van der Waals surface area contributed by atoms with Crippen LogP contribution in [0, 0.1) is 0 Å². The van der Waals surface area contributed by atoms with Gasteiger partial charge in [0.2, 0.25) is 0 Å². The maximum absolute atomic E-state index is 12.8. The van der Waals surface area contributed by atoms with Crippen molar-refractivity contribution in [1.82, 2.24) is 10.3 Å². The molecular weight excluding hydrogens is 429 g/mol. The average Bonchev–Trinajstić information content (AvgIpc) is 2.82. The Labute approximate surface area is 188 Å². The number of rotatable bonds is 7. The van der Waals surface area contributed by atoms with E-state index < -0.39 is 11.7 Å². The van der Waals surface area contributed by atoms with Gasteiger partial charge in [0, 0.05) is 36.0 Å². The van der Waals surface area contributed by atoms with Gasteiger partial charge in [0.25, 0.3) is 5.91 Å². The van der Waals surface area contributed by atoms with Crippen molar-refractivity contribution in [2.24, 2.45) is 0 Å². The lowest BCUT2D eigenvalue weighted by Gasteiger charge is -2.11. The van der Waals surface area contributed by atoms with Crippen LogP contribution >= 0.6 is 0 Å². The van der Waals surface area contributed by atoms with Crippen molar-refractivity contribution in [3.63, 3.8) is 0 Å². The highest BCUT2D eigenvalue weighted by Gasteiger charge is 2.30. The quantitative estimate of drug-likeness (QED) is 0.310. The maximum Gasteiger partial charge on any atom is 0.416 e. The molecule has 0 aliphatic carbocycles. The number of anilines is 3. The third-order valence-corrected chi connectivity index (χ3v) is 5.00. The van der Waals surface area contributed by atoms with Crippen LogP contribution in [0.5, 0.6) is 0 Å². The largest absolute Gasteiger partial charge is 0.416 e. The summed E-state index contributed by atoms with van der Waals surface area (Å²) in [7, 11) is 0. The molecule has 0 radical (unpaired) electrons. The predicted octanol–water partition coefficient (Wildman–Crippen LogP) is 5.84. The van der Waals surface area contributed by atoms with Gasteiger partial charge in [0.1, 0.15) is 5.82 Å². The van der Waals surface area contributed by atoms with Crippen molar-refractivity contribution < 1.29 is 18.0 Å². The van der Waals surface area contributed by atoms with Crippen LogP contribution in [0.1, 0.15) is 15.9 Å². The minimum atomic E-state index is -4.42. The molecule has 0 atom stereocenters. The van der Waals surface area contributed by atoms with Gasteiger partial charge in [-0.1, -0.05) is 42.5 Å². The summed E-state index contributed by atoms with van der Waals surface area (Å²) in [5.74, 6) is 0.0522. The first-order valence-corrected chi connectivity index (χ1v) is 10.3. The van der Waals surface area contributed by atoms with Crippen molar-refractivity contribution >= 4 is 33.9 Å². The topological polar surface area (TPSA) is 66.1 Å². The van der Waals surface area contributed by atoms with E-state index in [1.165, 1.54) is 18.3 Å². The van der Waals surface area contributed by atoms with Crippen molar-refractivity contribution in [2.45, 2.75) is 6.18 Å². The first-order valence-electron chi connectivity index (χ1n) is 10.3. The van der Waals surface area contributed by atoms with E-state index in [0.29, 0.717) is 24.5 Å². The molecule has 5 nitrogen and oxygen atoms in total. The Morgan fingerprint density at radius 1 is 0.879 bits per heavy atom. The number of halogens is 3. The molecule has 0 unspecified atom stereocenters. The minimum absolute atomic E-state index is 0.258. The molecule has 1 aromatic heterocycles. The Kier molecular flexibility index (Phi) is 6.44. The summed E-state index contributed by atoms with van der Waals surface area (Å²) in [5, 5.41) is 11.2. The summed E-state index contributed by atoms with van der Waals surface area (Å²) in [4.78, 5) is 16.5. The molecular formula is C25H21F3N4O. The summed E-state index contributed by atoms with van der Waals surface area (Å²) in [5.41, 5.74) is 0.860. The number of nitrogens with zero attached hydrogens (tertiary/aromatic N) is 1. The first kappa shape index (κ1) is 22.1. The first-order chi connectivity index (χ1) is 15.9. The van der Waals surface area contributed by atoms with Gasteiger partial charge in [-0.15, -0.1) is 0 Å². The second kappa shape index (κ2) is 9.60. The molecule has 0 spiro atoms. The molecule has 0 aliphatic heterocycles. The van der Waals surface area contributed by atoms with Crippen molar-refractivity contribution in [1.29, 1.82) is 0 Å². The number of aromatic nitrogens is 1. The number of amides is 1. The minimum Gasteiger partial charge on any atom is -0.383 e. The third-order valence-electron chi connectivity index (χ3n) is 5.00. The van der Waals surface area contributed by atoms with E-state index in [4.69, 9.17) is 0 Å². The Morgan fingerprint density at radius 2 is 1.67 bits per heavy atom.